The van der Waals surface area contributed by atoms with Gasteiger partial charge < -0.3 is 15.5 Å². The zero-order valence-corrected chi connectivity index (χ0v) is 26.6. The molecule has 40 heavy (non-hydrogen) atoms. The van der Waals surface area contributed by atoms with Gasteiger partial charge in [0.25, 0.3) is 10.1 Å². The first-order chi connectivity index (χ1) is 19.2. The van der Waals surface area contributed by atoms with E-state index in [9.17, 15) is 28.0 Å². The maximum atomic E-state index is 12.5. The number of unbranched alkanes of at least 4 members (excludes halogenated alkanes) is 18. The van der Waals surface area contributed by atoms with E-state index in [0.717, 1.165) is 51.4 Å². The molecular weight excluding hydrogens is 526 g/mol. The maximum absolute atomic E-state index is 12.5. The first-order valence-corrected chi connectivity index (χ1v) is 18.1. The number of aliphatic hydroxyl groups is 2. The van der Waals surface area contributed by atoms with Gasteiger partial charge in [-0.15, -0.1) is 0 Å². The molecule has 0 bridgehead atoms. The molecule has 0 spiro atoms. The number of rotatable bonds is 29. The predicted octanol–water partition coefficient (Wildman–Crippen LogP) is 7.65. The van der Waals surface area contributed by atoms with Crippen LogP contribution in [-0.2, 0) is 14.9 Å². The average Bonchev–Trinajstić information content (AvgIpc) is 2.90. The number of allylic oxidation sites excluding steroid dienone is 2. The van der Waals surface area contributed by atoms with Gasteiger partial charge in [0, 0.05) is 0 Å². The van der Waals surface area contributed by atoms with Crippen LogP contribution in [0.25, 0.3) is 0 Å². The van der Waals surface area contributed by atoms with Crippen LogP contribution in [0.2, 0.25) is 0 Å². The lowest BCUT2D eigenvalue weighted by atomic mass is 10.0. The van der Waals surface area contributed by atoms with Crippen molar-refractivity contribution in [3.8, 4) is 0 Å². The van der Waals surface area contributed by atoms with E-state index < -0.39 is 40.0 Å². The fourth-order valence-electron chi connectivity index (χ4n) is 4.98. The number of aliphatic hydroxyl groups excluding tert-OH is 2. The molecule has 0 aliphatic carbocycles. The smallest absolute Gasteiger partial charge is 0.266 e. The van der Waals surface area contributed by atoms with Crippen molar-refractivity contribution in [2.75, 3.05) is 5.75 Å². The van der Waals surface area contributed by atoms with Crippen molar-refractivity contribution < 1.29 is 28.0 Å². The summed E-state index contributed by atoms with van der Waals surface area (Å²) < 4.78 is 32.2. The molecule has 238 valence electrons. The highest BCUT2D eigenvalue weighted by Crippen LogP contribution is 2.14. The topological polar surface area (TPSA) is 124 Å². The van der Waals surface area contributed by atoms with Crippen LogP contribution < -0.4 is 5.32 Å². The molecule has 0 rings (SSSR count). The van der Waals surface area contributed by atoms with Crippen LogP contribution in [0.3, 0.4) is 0 Å². The molecule has 3 atom stereocenters. The van der Waals surface area contributed by atoms with Gasteiger partial charge in [0.1, 0.15) is 6.10 Å². The first kappa shape index (κ1) is 39.0. The fourth-order valence-corrected chi connectivity index (χ4v) is 5.74. The van der Waals surface area contributed by atoms with Gasteiger partial charge in [0.2, 0.25) is 5.91 Å². The van der Waals surface area contributed by atoms with Crippen LogP contribution in [0.5, 0.6) is 0 Å². The zero-order valence-electron chi connectivity index (χ0n) is 25.8. The van der Waals surface area contributed by atoms with E-state index in [1.165, 1.54) is 70.6 Å². The molecule has 0 fully saturated rings. The van der Waals surface area contributed by atoms with Gasteiger partial charge in [-0.2, -0.15) is 8.42 Å². The number of hydrogen-bond donors (Lipinski definition) is 4. The minimum absolute atomic E-state index is 0.284. The number of carbonyl (C=O) groups excluding carboxylic acids is 1. The number of nitrogens with one attached hydrogen (secondary N) is 1. The Morgan fingerprint density at radius 2 is 1.05 bits per heavy atom. The third-order valence-corrected chi connectivity index (χ3v) is 8.36. The molecule has 0 aliphatic heterocycles. The van der Waals surface area contributed by atoms with Crippen LogP contribution in [0.1, 0.15) is 162 Å². The minimum atomic E-state index is -4.39. The summed E-state index contributed by atoms with van der Waals surface area (Å²) in [6, 6.07) is -1.14. The Morgan fingerprint density at radius 1 is 0.650 bits per heavy atom. The monoisotopic (exact) mass is 589 g/mol. The Labute approximate surface area is 246 Å². The van der Waals surface area contributed by atoms with E-state index in [-0.39, 0.29) is 6.42 Å². The molecule has 8 heteroatoms. The molecule has 0 aromatic carbocycles. The van der Waals surface area contributed by atoms with Gasteiger partial charge in [-0.05, 0) is 38.5 Å². The van der Waals surface area contributed by atoms with E-state index in [2.05, 4.69) is 31.3 Å². The summed E-state index contributed by atoms with van der Waals surface area (Å²) >= 11 is 0. The van der Waals surface area contributed by atoms with E-state index in [1.54, 1.807) is 0 Å². The van der Waals surface area contributed by atoms with Crippen molar-refractivity contribution in [3.05, 3.63) is 12.2 Å². The summed E-state index contributed by atoms with van der Waals surface area (Å²) in [5.41, 5.74) is 0. The van der Waals surface area contributed by atoms with Crippen LogP contribution >= 0.6 is 0 Å². The van der Waals surface area contributed by atoms with Crippen LogP contribution in [0.4, 0.5) is 0 Å². The second-order valence-corrected chi connectivity index (χ2v) is 13.1. The lowest BCUT2D eigenvalue weighted by Crippen LogP contribution is -2.50. The Balaban J connectivity index is 4.09. The molecule has 0 aliphatic rings. The summed E-state index contributed by atoms with van der Waals surface area (Å²) in [7, 11) is -4.39. The number of carbonyl (C=O) groups is 1. The number of amides is 1. The minimum Gasteiger partial charge on any atom is -0.391 e. The summed E-state index contributed by atoms with van der Waals surface area (Å²) in [5, 5.41) is 23.2. The third kappa shape index (κ3) is 26.0. The summed E-state index contributed by atoms with van der Waals surface area (Å²) in [6.07, 6.45) is 26.7. The molecule has 4 N–H and O–H groups in total. The highest BCUT2D eigenvalue weighted by Gasteiger charge is 2.28. The van der Waals surface area contributed by atoms with Crippen molar-refractivity contribution in [2.45, 2.75) is 180 Å². The van der Waals surface area contributed by atoms with Gasteiger partial charge >= 0.3 is 0 Å². The van der Waals surface area contributed by atoms with E-state index in [1.807, 2.05) is 0 Å². The molecule has 0 radical (unpaired) electrons. The summed E-state index contributed by atoms with van der Waals surface area (Å²) in [6.45, 7) is 4.43. The first-order valence-electron chi connectivity index (χ1n) is 16.5. The maximum Gasteiger partial charge on any atom is 0.266 e. The Morgan fingerprint density at radius 3 is 1.50 bits per heavy atom. The Kier molecular flexibility index (Phi) is 26.3. The van der Waals surface area contributed by atoms with Gasteiger partial charge in [0.15, 0.2) is 0 Å². The van der Waals surface area contributed by atoms with E-state index in [0.29, 0.717) is 19.3 Å². The molecule has 0 aromatic heterocycles. The Hall–Kier alpha value is -0.960. The number of hydrogen-bond acceptors (Lipinski definition) is 5. The largest absolute Gasteiger partial charge is 0.391 e. The van der Waals surface area contributed by atoms with Crippen molar-refractivity contribution in [2.24, 2.45) is 0 Å². The van der Waals surface area contributed by atoms with Crippen molar-refractivity contribution in [1.29, 1.82) is 0 Å². The second-order valence-electron chi connectivity index (χ2n) is 11.6. The van der Waals surface area contributed by atoms with Gasteiger partial charge in [-0.3, -0.25) is 9.35 Å². The fraction of sp³-hybridized carbons (Fsp3) is 0.906. The van der Waals surface area contributed by atoms with Gasteiger partial charge in [-0.25, -0.2) is 0 Å². The standard InChI is InChI=1S/C32H63NO6S/c1-3-5-7-9-11-13-14-15-16-17-18-19-21-23-25-27-31(35)32(36)33-29(28-40(37,38)39)30(34)26-24-22-20-12-10-8-6-4-2/h16-17,29-31,34-35H,3-15,18-28H2,1-2H3,(H,33,36)(H,37,38,39)/b17-16-. The van der Waals surface area contributed by atoms with Crippen molar-refractivity contribution in [1.82, 2.24) is 5.32 Å². The summed E-state index contributed by atoms with van der Waals surface area (Å²) in [5.74, 6) is -1.47. The van der Waals surface area contributed by atoms with Crippen LogP contribution in [-0.4, -0.2) is 53.1 Å². The molecular formula is C32H63NO6S. The quantitative estimate of drug-likeness (QED) is 0.0404. The van der Waals surface area contributed by atoms with Crippen LogP contribution in [0.15, 0.2) is 12.2 Å². The normalized spacial score (nSPS) is 14.4. The van der Waals surface area contributed by atoms with Gasteiger partial charge in [-0.1, -0.05) is 135 Å². The Bertz CT molecular complexity index is 712. The van der Waals surface area contributed by atoms with Crippen LogP contribution in [0, 0.1) is 0 Å². The molecule has 0 saturated carbocycles. The highest BCUT2D eigenvalue weighted by atomic mass is 32.2. The van der Waals surface area contributed by atoms with Crippen molar-refractivity contribution in [3.63, 3.8) is 0 Å². The molecule has 3 unspecified atom stereocenters. The lowest BCUT2D eigenvalue weighted by molar-refractivity contribution is -0.131. The molecule has 0 saturated heterocycles. The SMILES string of the molecule is CCCCCCCCC/C=C\CCCCCCC(O)C(=O)NC(CS(=O)(=O)O)C(O)CCCCCCCCCC. The second kappa shape index (κ2) is 26.9. The van der Waals surface area contributed by atoms with Crippen molar-refractivity contribution >= 4 is 16.0 Å². The molecule has 7 nitrogen and oxygen atoms in total. The molecule has 1 amide bonds. The molecule has 0 aromatic rings. The van der Waals surface area contributed by atoms with Gasteiger partial charge in [0.05, 0.1) is 17.9 Å². The predicted molar refractivity (Wildman–Crippen MR) is 167 cm³/mol. The molecule has 0 heterocycles. The summed E-state index contributed by atoms with van der Waals surface area (Å²) in [4.78, 5) is 12.5. The average molecular weight is 590 g/mol. The third-order valence-electron chi connectivity index (χ3n) is 7.58. The van der Waals surface area contributed by atoms with E-state index in [4.69, 9.17) is 0 Å². The lowest BCUT2D eigenvalue weighted by Gasteiger charge is -2.24. The highest BCUT2D eigenvalue weighted by molar-refractivity contribution is 7.85. The zero-order chi connectivity index (χ0) is 29.9. The van der Waals surface area contributed by atoms with E-state index >= 15 is 0 Å².